The third-order valence-electron chi connectivity index (χ3n) is 2.97. The molecular formula is C10H17N3. The Hall–Kier alpha value is -0.990. The summed E-state index contributed by atoms with van der Waals surface area (Å²) in [5.74, 6) is 0.819. The molecule has 2 rings (SSSR count). The molecule has 0 spiro atoms. The Bertz CT molecular complexity index is 303. The number of aromatic nitrogens is 2. The van der Waals surface area contributed by atoms with Gasteiger partial charge in [0.2, 0.25) is 0 Å². The second kappa shape index (κ2) is 3.05. The molecule has 1 aliphatic carbocycles. The number of hydrogen-bond acceptors (Lipinski definition) is 2. The molecule has 1 heterocycles. The van der Waals surface area contributed by atoms with Crippen LogP contribution in [0.15, 0.2) is 6.20 Å². The fourth-order valence-electron chi connectivity index (χ4n) is 1.82. The zero-order valence-corrected chi connectivity index (χ0v) is 8.54. The molecule has 0 bridgehead atoms. The predicted octanol–water partition coefficient (Wildman–Crippen LogP) is 1.94. The SMILES string of the molecule is Cc1nn(C)cc1NC1CCC1C. The van der Waals surface area contributed by atoms with Gasteiger partial charge in [-0.05, 0) is 25.7 Å². The standard InChI is InChI=1S/C10H17N3/c1-7-4-5-9(7)11-10-6-13(3)12-8(10)2/h6-7,9,11H,4-5H2,1-3H3. The molecule has 1 aliphatic rings. The third kappa shape index (κ3) is 1.55. The van der Waals surface area contributed by atoms with E-state index in [4.69, 9.17) is 0 Å². The summed E-state index contributed by atoms with van der Waals surface area (Å²) in [6, 6.07) is 0.669. The molecule has 72 valence electrons. The fraction of sp³-hybridized carbons (Fsp3) is 0.700. The van der Waals surface area contributed by atoms with E-state index in [0.717, 1.165) is 11.6 Å². The van der Waals surface area contributed by atoms with E-state index in [1.54, 1.807) is 0 Å². The lowest BCUT2D eigenvalue weighted by atomic mass is 9.81. The molecule has 0 amide bonds. The van der Waals surface area contributed by atoms with E-state index in [1.807, 2.05) is 18.7 Å². The van der Waals surface area contributed by atoms with Crippen LogP contribution in [-0.4, -0.2) is 15.8 Å². The second-order valence-electron chi connectivity index (χ2n) is 4.11. The van der Waals surface area contributed by atoms with E-state index in [0.29, 0.717) is 6.04 Å². The number of rotatable bonds is 2. The van der Waals surface area contributed by atoms with Crippen molar-refractivity contribution in [2.45, 2.75) is 32.7 Å². The van der Waals surface area contributed by atoms with E-state index in [9.17, 15) is 0 Å². The molecular weight excluding hydrogens is 162 g/mol. The first-order chi connectivity index (χ1) is 6.16. The number of nitrogens with one attached hydrogen (secondary N) is 1. The molecule has 0 radical (unpaired) electrons. The van der Waals surface area contributed by atoms with Crippen LogP contribution in [0.2, 0.25) is 0 Å². The highest BCUT2D eigenvalue weighted by Gasteiger charge is 2.26. The Labute approximate surface area is 79.1 Å². The highest BCUT2D eigenvalue weighted by Crippen LogP contribution is 2.30. The maximum atomic E-state index is 4.30. The molecule has 2 unspecified atom stereocenters. The quantitative estimate of drug-likeness (QED) is 0.752. The minimum atomic E-state index is 0.669. The topological polar surface area (TPSA) is 29.9 Å². The molecule has 0 aliphatic heterocycles. The summed E-state index contributed by atoms with van der Waals surface area (Å²) in [6.45, 7) is 4.35. The first-order valence-corrected chi connectivity index (χ1v) is 4.93. The zero-order chi connectivity index (χ0) is 9.42. The summed E-state index contributed by atoms with van der Waals surface area (Å²) in [4.78, 5) is 0. The van der Waals surface area contributed by atoms with Crippen LogP contribution in [0.4, 0.5) is 5.69 Å². The highest BCUT2D eigenvalue weighted by molar-refractivity contribution is 5.46. The number of aryl methyl sites for hydroxylation is 2. The maximum Gasteiger partial charge on any atom is 0.0825 e. The summed E-state index contributed by atoms with van der Waals surface area (Å²) in [7, 11) is 1.96. The Balaban J connectivity index is 2.04. The summed E-state index contributed by atoms with van der Waals surface area (Å²) < 4.78 is 1.86. The van der Waals surface area contributed by atoms with Crippen molar-refractivity contribution in [1.82, 2.24) is 9.78 Å². The zero-order valence-electron chi connectivity index (χ0n) is 8.54. The van der Waals surface area contributed by atoms with Gasteiger partial charge in [-0.15, -0.1) is 0 Å². The van der Waals surface area contributed by atoms with Gasteiger partial charge >= 0.3 is 0 Å². The van der Waals surface area contributed by atoms with Gasteiger partial charge in [-0.1, -0.05) is 6.92 Å². The van der Waals surface area contributed by atoms with Gasteiger partial charge in [-0.3, -0.25) is 4.68 Å². The lowest BCUT2D eigenvalue weighted by Crippen LogP contribution is -2.36. The first-order valence-electron chi connectivity index (χ1n) is 4.93. The average molecular weight is 179 g/mol. The molecule has 0 saturated heterocycles. The lowest BCUT2D eigenvalue weighted by Gasteiger charge is -2.35. The average Bonchev–Trinajstić information content (AvgIpc) is 2.38. The predicted molar refractivity (Wildman–Crippen MR) is 53.8 cm³/mol. The minimum absolute atomic E-state index is 0.669. The van der Waals surface area contributed by atoms with Crippen molar-refractivity contribution in [2.24, 2.45) is 13.0 Å². The first kappa shape index (κ1) is 8.60. The van der Waals surface area contributed by atoms with E-state index >= 15 is 0 Å². The lowest BCUT2D eigenvalue weighted by molar-refractivity contribution is 0.303. The van der Waals surface area contributed by atoms with Gasteiger partial charge in [0.1, 0.15) is 0 Å². The van der Waals surface area contributed by atoms with Crippen LogP contribution < -0.4 is 5.32 Å². The van der Waals surface area contributed by atoms with E-state index in [2.05, 4.69) is 23.5 Å². The largest absolute Gasteiger partial charge is 0.379 e. The monoisotopic (exact) mass is 179 g/mol. The molecule has 1 aromatic rings. The summed E-state index contributed by atoms with van der Waals surface area (Å²) >= 11 is 0. The smallest absolute Gasteiger partial charge is 0.0825 e. The van der Waals surface area contributed by atoms with Crippen LogP contribution in [0.5, 0.6) is 0 Å². The fourth-order valence-corrected chi connectivity index (χ4v) is 1.82. The number of anilines is 1. The summed E-state index contributed by atoms with van der Waals surface area (Å²) in [6.07, 6.45) is 4.72. The van der Waals surface area contributed by atoms with Crippen LogP contribution in [0.3, 0.4) is 0 Å². The molecule has 13 heavy (non-hydrogen) atoms. The van der Waals surface area contributed by atoms with Crippen LogP contribution >= 0.6 is 0 Å². The van der Waals surface area contributed by atoms with Gasteiger partial charge in [-0.25, -0.2) is 0 Å². The van der Waals surface area contributed by atoms with Crippen molar-refractivity contribution in [3.63, 3.8) is 0 Å². The van der Waals surface area contributed by atoms with Crippen LogP contribution in [0, 0.1) is 12.8 Å². The molecule has 3 nitrogen and oxygen atoms in total. The Morgan fingerprint density at radius 3 is 2.69 bits per heavy atom. The maximum absolute atomic E-state index is 4.30. The Kier molecular flexibility index (Phi) is 2.02. The summed E-state index contributed by atoms with van der Waals surface area (Å²) in [5, 5.41) is 7.84. The van der Waals surface area contributed by atoms with Crippen LogP contribution in [-0.2, 0) is 7.05 Å². The molecule has 0 aromatic carbocycles. The molecule has 3 heteroatoms. The highest BCUT2D eigenvalue weighted by atomic mass is 15.3. The van der Waals surface area contributed by atoms with E-state index < -0.39 is 0 Å². The normalized spacial score (nSPS) is 27.0. The van der Waals surface area contributed by atoms with Gasteiger partial charge in [0.25, 0.3) is 0 Å². The molecule has 2 atom stereocenters. The van der Waals surface area contributed by atoms with Crippen molar-refractivity contribution < 1.29 is 0 Å². The van der Waals surface area contributed by atoms with Crippen LogP contribution in [0.1, 0.15) is 25.5 Å². The number of hydrogen-bond donors (Lipinski definition) is 1. The Morgan fingerprint density at radius 2 is 2.31 bits per heavy atom. The Morgan fingerprint density at radius 1 is 1.54 bits per heavy atom. The van der Waals surface area contributed by atoms with Gasteiger partial charge < -0.3 is 5.32 Å². The third-order valence-corrected chi connectivity index (χ3v) is 2.97. The number of nitrogens with zero attached hydrogens (tertiary/aromatic N) is 2. The van der Waals surface area contributed by atoms with Gasteiger partial charge in [-0.2, -0.15) is 5.10 Å². The van der Waals surface area contributed by atoms with Gasteiger partial charge in [0.15, 0.2) is 0 Å². The second-order valence-corrected chi connectivity index (χ2v) is 4.11. The van der Waals surface area contributed by atoms with E-state index in [1.165, 1.54) is 18.5 Å². The van der Waals surface area contributed by atoms with Crippen molar-refractivity contribution in [3.8, 4) is 0 Å². The minimum Gasteiger partial charge on any atom is -0.379 e. The van der Waals surface area contributed by atoms with Gasteiger partial charge in [0, 0.05) is 19.3 Å². The molecule has 1 N–H and O–H groups in total. The molecule has 1 aromatic heterocycles. The van der Waals surface area contributed by atoms with Crippen molar-refractivity contribution in [1.29, 1.82) is 0 Å². The molecule has 1 fully saturated rings. The molecule has 1 saturated carbocycles. The van der Waals surface area contributed by atoms with E-state index in [-0.39, 0.29) is 0 Å². The van der Waals surface area contributed by atoms with Crippen molar-refractivity contribution in [2.75, 3.05) is 5.32 Å². The summed E-state index contributed by atoms with van der Waals surface area (Å²) in [5.41, 5.74) is 2.29. The van der Waals surface area contributed by atoms with Gasteiger partial charge in [0.05, 0.1) is 11.4 Å². The van der Waals surface area contributed by atoms with Crippen molar-refractivity contribution >= 4 is 5.69 Å². The van der Waals surface area contributed by atoms with Crippen LogP contribution in [0.25, 0.3) is 0 Å². The van der Waals surface area contributed by atoms with Crippen molar-refractivity contribution in [3.05, 3.63) is 11.9 Å².